The fourth-order valence-corrected chi connectivity index (χ4v) is 2.71. The molecule has 1 aromatic rings. The Balaban J connectivity index is 2.37. The standard InChI is InChI=1S/C22H21NO3/c1-7-11-23(12-8-2)16-20(24-13-9-3)18-14-17(10-4)21-19(15-18)25-22(5,6)26-21/h1-4,14-15,20H,11-13,16H2,5-6H3. The second kappa shape index (κ2) is 8.38. The fraction of sp³-hybridized carbons (Fsp3) is 0.364. The van der Waals surface area contributed by atoms with Crippen LogP contribution in [0.15, 0.2) is 12.1 Å². The first-order valence-electron chi connectivity index (χ1n) is 8.11. The molecular weight excluding hydrogens is 326 g/mol. The van der Waals surface area contributed by atoms with Gasteiger partial charge in [0.05, 0.1) is 24.8 Å². The predicted octanol–water partition coefficient (Wildman–Crippen LogP) is 2.43. The molecule has 1 atom stereocenters. The number of hydrogen-bond acceptors (Lipinski definition) is 4. The van der Waals surface area contributed by atoms with Crippen molar-refractivity contribution in [2.45, 2.75) is 25.7 Å². The third-order valence-corrected chi connectivity index (χ3v) is 3.73. The number of terminal acetylenes is 4. The lowest BCUT2D eigenvalue weighted by atomic mass is 10.0. The summed E-state index contributed by atoms with van der Waals surface area (Å²) in [6, 6.07) is 3.70. The summed E-state index contributed by atoms with van der Waals surface area (Å²) in [6.45, 7) is 5.07. The molecule has 4 heteroatoms. The van der Waals surface area contributed by atoms with E-state index in [4.69, 9.17) is 39.9 Å². The third-order valence-electron chi connectivity index (χ3n) is 3.73. The van der Waals surface area contributed by atoms with E-state index >= 15 is 0 Å². The Morgan fingerprint density at radius 1 is 1.08 bits per heavy atom. The van der Waals surface area contributed by atoms with Crippen LogP contribution in [0.1, 0.15) is 31.1 Å². The van der Waals surface area contributed by atoms with Gasteiger partial charge in [0.1, 0.15) is 6.61 Å². The SMILES string of the molecule is C#CCOC(CN(CC#C)CC#C)c1cc(C#C)c2c(c1)OC(C)(C)O2. The van der Waals surface area contributed by atoms with E-state index in [0.29, 0.717) is 36.7 Å². The molecule has 0 saturated carbocycles. The zero-order valence-electron chi connectivity index (χ0n) is 15.0. The molecule has 0 spiro atoms. The van der Waals surface area contributed by atoms with E-state index in [1.807, 2.05) is 30.9 Å². The highest BCUT2D eigenvalue weighted by molar-refractivity contribution is 5.58. The molecule has 2 rings (SSSR count). The van der Waals surface area contributed by atoms with Gasteiger partial charge in [-0.3, -0.25) is 4.90 Å². The van der Waals surface area contributed by atoms with Crippen LogP contribution in [0.4, 0.5) is 0 Å². The highest BCUT2D eigenvalue weighted by Crippen LogP contribution is 2.43. The molecular formula is C22H21NO3. The Morgan fingerprint density at radius 3 is 2.35 bits per heavy atom. The van der Waals surface area contributed by atoms with E-state index in [0.717, 1.165) is 5.56 Å². The van der Waals surface area contributed by atoms with E-state index in [9.17, 15) is 0 Å². The number of fused-ring (bicyclic) bond motifs is 1. The van der Waals surface area contributed by atoms with Crippen molar-refractivity contribution in [3.63, 3.8) is 0 Å². The van der Waals surface area contributed by atoms with Crippen molar-refractivity contribution in [3.8, 4) is 60.9 Å². The Morgan fingerprint density at radius 2 is 1.77 bits per heavy atom. The van der Waals surface area contributed by atoms with Crippen LogP contribution in [-0.2, 0) is 4.74 Å². The van der Waals surface area contributed by atoms with E-state index < -0.39 is 5.79 Å². The predicted molar refractivity (Wildman–Crippen MR) is 101 cm³/mol. The highest BCUT2D eigenvalue weighted by Gasteiger charge is 2.34. The number of benzene rings is 1. The molecule has 0 aliphatic carbocycles. The smallest absolute Gasteiger partial charge is 0.246 e. The van der Waals surface area contributed by atoms with Gasteiger partial charge in [0.15, 0.2) is 11.5 Å². The normalized spacial score (nSPS) is 14.7. The van der Waals surface area contributed by atoms with Crippen molar-refractivity contribution in [3.05, 3.63) is 23.3 Å². The molecule has 1 aliphatic heterocycles. The summed E-state index contributed by atoms with van der Waals surface area (Å²) in [5.74, 6) is 10.7. The first kappa shape index (κ1) is 19.3. The van der Waals surface area contributed by atoms with Gasteiger partial charge in [0, 0.05) is 20.4 Å². The molecule has 0 aromatic heterocycles. The van der Waals surface area contributed by atoms with Crippen LogP contribution >= 0.6 is 0 Å². The minimum absolute atomic E-state index is 0.149. The minimum Gasteiger partial charge on any atom is -0.449 e. The Kier molecular flexibility index (Phi) is 6.22. The van der Waals surface area contributed by atoms with Crippen molar-refractivity contribution >= 4 is 0 Å². The van der Waals surface area contributed by atoms with Gasteiger partial charge in [-0.25, -0.2) is 0 Å². The maximum atomic E-state index is 5.84. The van der Waals surface area contributed by atoms with Crippen LogP contribution in [0.25, 0.3) is 0 Å². The second-order valence-corrected chi connectivity index (χ2v) is 6.23. The summed E-state index contributed by atoms with van der Waals surface area (Å²) < 4.78 is 17.5. The number of rotatable bonds is 7. The van der Waals surface area contributed by atoms with E-state index in [1.165, 1.54) is 0 Å². The summed E-state index contributed by atoms with van der Waals surface area (Å²) in [4.78, 5) is 1.92. The summed E-state index contributed by atoms with van der Waals surface area (Å²) in [6.07, 6.45) is 21.5. The average molecular weight is 347 g/mol. The zero-order valence-corrected chi connectivity index (χ0v) is 15.0. The lowest BCUT2D eigenvalue weighted by molar-refractivity contribution is -0.0433. The molecule has 1 aliphatic rings. The van der Waals surface area contributed by atoms with Gasteiger partial charge in [0.25, 0.3) is 0 Å². The van der Waals surface area contributed by atoms with E-state index in [1.54, 1.807) is 0 Å². The zero-order chi connectivity index (χ0) is 19.2. The van der Waals surface area contributed by atoms with Crippen molar-refractivity contribution < 1.29 is 14.2 Å². The van der Waals surface area contributed by atoms with E-state index in [-0.39, 0.29) is 12.7 Å². The van der Waals surface area contributed by atoms with Crippen LogP contribution in [0.2, 0.25) is 0 Å². The quantitative estimate of drug-likeness (QED) is 0.709. The Bertz CT molecular complexity index is 811. The third kappa shape index (κ3) is 4.53. The molecule has 0 bridgehead atoms. The Labute approximate surface area is 155 Å². The number of ether oxygens (including phenoxy) is 3. The first-order chi connectivity index (χ1) is 12.4. The van der Waals surface area contributed by atoms with Crippen LogP contribution < -0.4 is 9.47 Å². The number of hydrogen-bond donors (Lipinski definition) is 0. The lowest BCUT2D eigenvalue weighted by Gasteiger charge is -2.25. The van der Waals surface area contributed by atoms with Crippen molar-refractivity contribution in [2.24, 2.45) is 0 Å². The maximum absolute atomic E-state index is 5.84. The molecule has 0 saturated heterocycles. The summed E-state index contributed by atoms with van der Waals surface area (Å²) >= 11 is 0. The second-order valence-electron chi connectivity index (χ2n) is 6.23. The maximum Gasteiger partial charge on any atom is 0.246 e. The highest BCUT2D eigenvalue weighted by atomic mass is 16.7. The monoisotopic (exact) mass is 347 g/mol. The molecule has 1 aromatic carbocycles. The van der Waals surface area contributed by atoms with Gasteiger partial charge in [-0.2, -0.15) is 0 Å². The van der Waals surface area contributed by atoms with Gasteiger partial charge in [-0.15, -0.1) is 25.7 Å². The van der Waals surface area contributed by atoms with Gasteiger partial charge < -0.3 is 14.2 Å². The van der Waals surface area contributed by atoms with Gasteiger partial charge in [-0.1, -0.05) is 23.7 Å². The van der Waals surface area contributed by atoms with Crippen LogP contribution in [0.3, 0.4) is 0 Å². The minimum atomic E-state index is -0.777. The summed E-state index contributed by atoms with van der Waals surface area (Å²) in [5, 5.41) is 0. The average Bonchev–Trinajstić information content (AvgIpc) is 2.91. The topological polar surface area (TPSA) is 30.9 Å². The molecule has 0 amide bonds. The number of nitrogens with zero attached hydrogens (tertiary/aromatic N) is 1. The molecule has 0 radical (unpaired) electrons. The van der Waals surface area contributed by atoms with Crippen LogP contribution in [0.5, 0.6) is 11.5 Å². The molecule has 4 nitrogen and oxygen atoms in total. The largest absolute Gasteiger partial charge is 0.449 e. The van der Waals surface area contributed by atoms with Crippen LogP contribution in [0, 0.1) is 49.4 Å². The molecule has 132 valence electrons. The molecule has 1 heterocycles. The van der Waals surface area contributed by atoms with Gasteiger partial charge >= 0.3 is 0 Å². The lowest BCUT2D eigenvalue weighted by Crippen LogP contribution is -2.31. The summed E-state index contributed by atoms with van der Waals surface area (Å²) in [7, 11) is 0. The summed E-state index contributed by atoms with van der Waals surface area (Å²) in [5.41, 5.74) is 1.42. The first-order valence-corrected chi connectivity index (χ1v) is 8.11. The van der Waals surface area contributed by atoms with Gasteiger partial charge in [0.2, 0.25) is 5.79 Å². The van der Waals surface area contributed by atoms with Crippen molar-refractivity contribution in [2.75, 3.05) is 26.2 Å². The Hall–Kier alpha value is -3.02. The molecule has 1 unspecified atom stereocenters. The van der Waals surface area contributed by atoms with Crippen LogP contribution in [-0.4, -0.2) is 36.9 Å². The molecule has 26 heavy (non-hydrogen) atoms. The molecule has 0 N–H and O–H groups in total. The van der Waals surface area contributed by atoms with Gasteiger partial charge in [-0.05, 0) is 17.7 Å². The van der Waals surface area contributed by atoms with Crippen molar-refractivity contribution in [1.82, 2.24) is 4.90 Å². The molecule has 0 fully saturated rings. The van der Waals surface area contributed by atoms with Crippen molar-refractivity contribution in [1.29, 1.82) is 0 Å². The fourth-order valence-electron chi connectivity index (χ4n) is 2.71. The van der Waals surface area contributed by atoms with E-state index in [2.05, 4.69) is 23.7 Å².